The fourth-order valence-electron chi connectivity index (χ4n) is 3.23. The monoisotopic (exact) mass is 299 g/mol. The molecule has 3 atom stereocenters. The number of rotatable bonds is 5. The highest BCUT2D eigenvalue weighted by Crippen LogP contribution is 2.35. The molecule has 1 aliphatic carbocycles. The van der Waals surface area contributed by atoms with Crippen molar-refractivity contribution in [3.63, 3.8) is 0 Å². The van der Waals surface area contributed by atoms with Crippen molar-refractivity contribution in [3.8, 4) is 0 Å². The van der Waals surface area contributed by atoms with E-state index >= 15 is 0 Å². The molecule has 1 saturated carbocycles. The Morgan fingerprint density at radius 1 is 1.26 bits per heavy atom. The Balaban J connectivity index is 2.12. The van der Waals surface area contributed by atoms with Crippen molar-refractivity contribution in [2.75, 3.05) is 6.54 Å². The van der Waals surface area contributed by atoms with Crippen LogP contribution >= 0.6 is 23.2 Å². The van der Waals surface area contributed by atoms with Gasteiger partial charge in [-0.3, -0.25) is 0 Å². The molecule has 2 rings (SSSR count). The smallest absolute Gasteiger partial charge is 0.0453 e. The van der Waals surface area contributed by atoms with Crippen LogP contribution in [0.2, 0.25) is 10.0 Å². The fraction of sp³-hybridized carbons (Fsp3) is 0.625. The normalized spacial score (nSPS) is 24.6. The maximum Gasteiger partial charge on any atom is 0.0453 e. The van der Waals surface area contributed by atoms with Gasteiger partial charge in [-0.1, -0.05) is 49.5 Å². The summed E-state index contributed by atoms with van der Waals surface area (Å²) >= 11 is 12.6. The molecule has 1 aromatic rings. The summed E-state index contributed by atoms with van der Waals surface area (Å²) in [6, 6.07) is 6.27. The molecule has 0 radical (unpaired) electrons. The number of likely N-dealkylation sites (N-methyl/N-ethyl adjacent to an activating group) is 1. The van der Waals surface area contributed by atoms with Gasteiger partial charge in [-0.15, -0.1) is 0 Å². The second-order valence-corrected chi connectivity index (χ2v) is 6.56. The second kappa shape index (κ2) is 6.97. The lowest BCUT2D eigenvalue weighted by Crippen LogP contribution is -2.37. The first-order valence-corrected chi connectivity index (χ1v) is 8.03. The predicted octanol–water partition coefficient (Wildman–Crippen LogP) is 4.95. The summed E-state index contributed by atoms with van der Waals surface area (Å²) in [5.74, 6) is 1.61. The minimum atomic E-state index is 0.493. The third kappa shape index (κ3) is 3.87. The van der Waals surface area contributed by atoms with E-state index < -0.39 is 0 Å². The predicted molar refractivity (Wildman–Crippen MR) is 84.1 cm³/mol. The quantitative estimate of drug-likeness (QED) is 0.811. The maximum absolute atomic E-state index is 6.30. The van der Waals surface area contributed by atoms with Crippen LogP contribution in [0, 0.1) is 11.8 Å². The van der Waals surface area contributed by atoms with Crippen molar-refractivity contribution in [2.24, 2.45) is 11.8 Å². The Morgan fingerprint density at radius 2 is 1.95 bits per heavy atom. The van der Waals surface area contributed by atoms with Gasteiger partial charge in [-0.05, 0) is 55.3 Å². The van der Waals surface area contributed by atoms with Gasteiger partial charge in [0.25, 0.3) is 0 Å². The Labute approximate surface area is 126 Å². The van der Waals surface area contributed by atoms with Crippen LogP contribution in [0.5, 0.6) is 0 Å². The average molecular weight is 300 g/mol. The molecule has 0 bridgehead atoms. The van der Waals surface area contributed by atoms with E-state index in [2.05, 4.69) is 19.2 Å². The van der Waals surface area contributed by atoms with E-state index in [-0.39, 0.29) is 0 Å². The van der Waals surface area contributed by atoms with E-state index in [4.69, 9.17) is 23.2 Å². The highest BCUT2D eigenvalue weighted by Gasteiger charge is 2.29. The molecule has 1 aliphatic rings. The van der Waals surface area contributed by atoms with E-state index in [1.165, 1.54) is 19.3 Å². The van der Waals surface area contributed by atoms with Gasteiger partial charge in [0.1, 0.15) is 0 Å². The highest BCUT2D eigenvalue weighted by atomic mass is 35.5. The summed E-state index contributed by atoms with van der Waals surface area (Å²) in [4.78, 5) is 0. The number of nitrogens with one attached hydrogen (secondary N) is 1. The van der Waals surface area contributed by atoms with Crippen LogP contribution in [0.1, 0.15) is 38.7 Å². The molecule has 1 N–H and O–H groups in total. The molecule has 3 unspecified atom stereocenters. The van der Waals surface area contributed by atoms with Crippen LogP contribution in [0.4, 0.5) is 0 Å². The Kier molecular flexibility index (Phi) is 5.56. The van der Waals surface area contributed by atoms with E-state index in [9.17, 15) is 0 Å². The van der Waals surface area contributed by atoms with E-state index in [1.54, 1.807) is 0 Å². The topological polar surface area (TPSA) is 12.0 Å². The van der Waals surface area contributed by atoms with E-state index in [0.29, 0.717) is 6.04 Å². The average Bonchev–Trinajstić information content (AvgIpc) is 2.79. The van der Waals surface area contributed by atoms with Gasteiger partial charge in [0, 0.05) is 16.1 Å². The number of hydrogen-bond donors (Lipinski definition) is 1. The molecule has 106 valence electrons. The van der Waals surface area contributed by atoms with Crippen LogP contribution < -0.4 is 5.32 Å². The Morgan fingerprint density at radius 3 is 2.47 bits per heavy atom. The Bertz CT molecular complexity index is 399. The van der Waals surface area contributed by atoms with Gasteiger partial charge in [0.05, 0.1) is 0 Å². The molecule has 0 heterocycles. The molecule has 3 heteroatoms. The molecule has 1 nitrogen and oxygen atoms in total. The minimum absolute atomic E-state index is 0.493. The van der Waals surface area contributed by atoms with Crippen LogP contribution in [0.3, 0.4) is 0 Å². The first-order chi connectivity index (χ1) is 9.11. The van der Waals surface area contributed by atoms with Gasteiger partial charge in [0.2, 0.25) is 0 Å². The minimum Gasteiger partial charge on any atom is -0.314 e. The lowest BCUT2D eigenvalue weighted by atomic mass is 9.91. The van der Waals surface area contributed by atoms with Crippen molar-refractivity contribution in [2.45, 2.75) is 45.6 Å². The molecular formula is C16H23Cl2N. The molecular weight excluding hydrogens is 277 g/mol. The molecule has 0 saturated heterocycles. The zero-order valence-corrected chi connectivity index (χ0v) is 13.3. The summed E-state index contributed by atoms with van der Waals surface area (Å²) in [6.45, 7) is 5.52. The molecule has 0 aromatic heterocycles. The van der Waals surface area contributed by atoms with Crippen LogP contribution in [0.25, 0.3) is 0 Å². The Hall–Kier alpha value is -0.240. The largest absolute Gasteiger partial charge is 0.314 e. The van der Waals surface area contributed by atoms with Crippen molar-refractivity contribution in [1.82, 2.24) is 5.32 Å². The fourth-order valence-corrected chi connectivity index (χ4v) is 3.78. The highest BCUT2D eigenvalue weighted by molar-refractivity contribution is 6.36. The van der Waals surface area contributed by atoms with Gasteiger partial charge >= 0.3 is 0 Å². The van der Waals surface area contributed by atoms with Gasteiger partial charge in [0.15, 0.2) is 0 Å². The third-order valence-electron chi connectivity index (χ3n) is 4.26. The van der Waals surface area contributed by atoms with E-state index in [0.717, 1.165) is 40.4 Å². The molecule has 0 amide bonds. The third-order valence-corrected chi connectivity index (χ3v) is 4.96. The number of benzene rings is 1. The van der Waals surface area contributed by atoms with Gasteiger partial charge in [-0.25, -0.2) is 0 Å². The van der Waals surface area contributed by atoms with Crippen molar-refractivity contribution < 1.29 is 0 Å². The van der Waals surface area contributed by atoms with Crippen molar-refractivity contribution >= 4 is 23.2 Å². The standard InChI is InChI=1S/C16H23Cl2N/c1-3-19-16(12-8-7-11(2)9-12)10-13-14(17)5-4-6-15(13)18/h4-6,11-12,16,19H,3,7-10H2,1-2H3. The summed E-state index contributed by atoms with van der Waals surface area (Å²) in [5.41, 5.74) is 1.09. The van der Waals surface area contributed by atoms with E-state index in [1.807, 2.05) is 18.2 Å². The summed E-state index contributed by atoms with van der Waals surface area (Å²) in [5, 5.41) is 5.22. The van der Waals surface area contributed by atoms with Crippen molar-refractivity contribution in [1.29, 1.82) is 0 Å². The molecule has 1 fully saturated rings. The van der Waals surface area contributed by atoms with Crippen LogP contribution in [-0.2, 0) is 6.42 Å². The number of hydrogen-bond acceptors (Lipinski definition) is 1. The first-order valence-electron chi connectivity index (χ1n) is 7.28. The molecule has 0 spiro atoms. The second-order valence-electron chi connectivity index (χ2n) is 5.75. The van der Waals surface area contributed by atoms with Gasteiger partial charge < -0.3 is 5.32 Å². The van der Waals surface area contributed by atoms with Crippen molar-refractivity contribution in [3.05, 3.63) is 33.8 Å². The summed E-state index contributed by atoms with van der Waals surface area (Å²) in [6.07, 6.45) is 4.92. The lowest BCUT2D eigenvalue weighted by Gasteiger charge is -2.25. The summed E-state index contributed by atoms with van der Waals surface area (Å²) < 4.78 is 0. The molecule has 1 aromatic carbocycles. The molecule has 19 heavy (non-hydrogen) atoms. The lowest BCUT2D eigenvalue weighted by molar-refractivity contribution is 0.354. The zero-order valence-electron chi connectivity index (χ0n) is 11.8. The SMILES string of the molecule is CCNC(Cc1c(Cl)cccc1Cl)C1CCC(C)C1. The molecule has 0 aliphatic heterocycles. The first kappa shape index (κ1) is 15.2. The van der Waals surface area contributed by atoms with Crippen LogP contribution in [-0.4, -0.2) is 12.6 Å². The van der Waals surface area contributed by atoms with Gasteiger partial charge in [-0.2, -0.15) is 0 Å². The zero-order chi connectivity index (χ0) is 13.8. The number of halogens is 2. The van der Waals surface area contributed by atoms with Crippen LogP contribution in [0.15, 0.2) is 18.2 Å². The maximum atomic E-state index is 6.30. The summed E-state index contributed by atoms with van der Waals surface area (Å²) in [7, 11) is 0.